The molecule has 4 heteroatoms. The van der Waals surface area contributed by atoms with Crippen molar-refractivity contribution in [3.8, 4) is 11.3 Å². The lowest BCUT2D eigenvalue weighted by Crippen LogP contribution is -2.13. The molecule has 3 nitrogen and oxygen atoms in total. The lowest BCUT2D eigenvalue weighted by Gasteiger charge is -2.18. The Labute approximate surface area is 119 Å². The van der Waals surface area contributed by atoms with E-state index in [1.807, 2.05) is 7.05 Å². The second-order valence-corrected chi connectivity index (χ2v) is 6.10. The van der Waals surface area contributed by atoms with Crippen LogP contribution >= 0.6 is 11.3 Å². The molecule has 0 bridgehead atoms. The Morgan fingerprint density at radius 2 is 1.95 bits per heavy atom. The highest BCUT2D eigenvalue weighted by atomic mass is 32.1. The summed E-state index contributed by atoms with van der Waals surface area (Å²) < 4.78 is 0. The van der Waals surface area contributed by atoms with Gasteiger partial charge in [-0.25, -0.2) is 4.98 Å². The van der Waals surface area contributed by atoms with Crippen LogP contribution in [0.3, 0.4) is 0 Å². The van der Waals surface area contributed by atoms with Crippen LogP contribution in [-0.2, 0) is 0 Å². The zero-order chi connectivity index (χ0) is 14.0. The fourth-order valence-electron chi connectivity index (χ4n) is 2.12. The number of aryl methyl sites for hydroxylation is 1. The summed E-state index contributed by atoms with van der Waals surface area (Å²) in [5.41, 5.74) is 3.51. The molecule has 2 rings (SSSR count). The Kier molecular flexibility index (Phi) is 4.22. The van der Waals surface area contributed by atoms with E-state index in [1.54, 1.807) is 11.3 Å². The third-order valence-electron chi connectivity index (χ3n) is 3.23. The van der Waals surface area contributed by atoms with Gasteiger partial charge in [0.2, 0.25) is 0 Å². The molecule has 1 N–H and O–H groups in total. The van der Waals surface area contributed by atoms with E-state index in [1.165, 1.54) is 16.1 Å². The minimum absolute atomic E-state index is 0.316. The highest BCUT2D eigenvalue weighted by Crippen LogP contribution is 2.37. The molecule has 0 fully saturated rings. The second kappa shape index (κ2) is 5.72. The van der Waals surface area contributed by atoms with Crippen molar-refractivity contribution in [1.82, 2.24) is 10.3 Å². The number of hydrogen-bond acceptors (Lipinski definition) is 4. The molecule has 1 aromatic heterocycles. The first kappa shape index (κ1) is 14.0. The number of benzene rings is 1. The second-order valence-electron chi connectivity index (χ2n) is 4.87. The molecule has 0 saturated heterocycles. The van der Waals surface area contributed by atoms with Crippen LogP contribution in [0, 0.1) is 6.92 Å². The average Bonchev–Trinajstić information content (AvgIpc) is 2.79. The predicted octanol–water partition coefficient (Wildman–Crippen LogP) is 3.46. The van der Waals surface area contributed by atoms with Crippen LogP contribution in [0.1, 0.15) is 22.9 Å². The molecule has 1 atom stereocenters. The molecular formula is C15H21N3S. The van der Waals surface area contributed by atoms with Crippen LogP contribution in [0.5, 0.6) is 0 Å². The minimum Gasteiger partial charge on any atom is -0.377 e. The molecule has 1 heterocycles. The van der Waals surface area contributed by atoms with Crippen molar-refractivity contribution in [3.05, 3.63) is 34.2 Å². The highest BCUT2D eigenvalue weighted by Gasteiger charge is 2.18. The summed E-state index contributed by atoms with van der Waals surface area (Å²) in [5.74, 6) is 0. The van der Waals surface area contributed by atoms with Crippen molar-refractivity contribution in [2.75, 3.05) is 26.0 Å². The van der Waals surface area contributed by atoms with Gasteiger partial charge in [0.25, 0.3) is 0 Å². The van der Waals surface area contributed by atoms with Crippen LogP contribution in [0.2, 0.25) is 0 Å². The van der Waals surface area contributed by atoms with Crippen molar-refractivity contribution < 1.29 is 0 Å². The number of para-hydroxylation sites is 1. The van der Waals surface area contributed by atoms with Gasteiger partial charge in [0.05, 0.1) is 10.7 Å². The number of hydrogen-bond donors (Lipinski definition) is 1. The van der Waals surface area contributed by atoms with Crippen LogP contribution in [-0.4, -0.2) is 26.1 Å². The molecule has 2 aromatic rings. The van der Waals surface area contributed by atoms with Gasteiger partial charge >= 0.3 is 0 Å². The van der Waals surface area contributed by atoms with Gasteiger partial charge in [-0.2, -0.15) is 0 Å². The molecule has 1 unspecified atom stereocenters. The fourth-order valence-corrected chi connectivity index (χ4v) is 3.13. The number of nitrogens with one attached hydrogen (secondary N) is 1. The summed E-state index contributed by atoms with van der Waals surface area (Å²) in [6.07, 6.45) is 0. The Bertz CT molecular complexity index is 560. The van der Waals surface area contributed by atoms with E-state index in [4.69, 9.17) is 4.98 Å². The summed E-state index contributed by atoms with van der Waals surface area (Å²) in [5, 5.41) is 4.42. The monoisotopic (exact) mass is 275 g/mol. The van der Waals surface area contributed by atoms with E-state index in [-0.39, 0.29) is 0 Å². The zero-order valence-electron chi connectivity index (χ0n) is 12.2. The fraction of sp³-hybridized carbons (Fsp3) is 0.400. The molecule has 0 aliphatic carbocycles. The molecule has 0 radical (unpaired) electrons. The Morgan fingerprint density at radius 1 is 1.26 bits per heavy atom. The molecule has 0 aliphatic heterocycles. The molecular weight excluding hydrogens is 254 g/mol. The normalized spacial score (nSPS) is 12.5. The van der Waals surface area contributed by atoms with Crippen molar-refractivity contribution in [2.24, 2.45) is 0 Å². The minimum atomic E-state index is 0.316. The molecule has 0 amide bonds. The quantitative estimate of drug-likeness (QED) is 0.926. The smallest absolute Gasteiger partial charge is 0.0905 e. The first-order valence-corrected chi connectivity index (χ1v) is 7.27. The molecule has 1 aromatic carbocycles. The van der Waals surface area contributed by atoms with Crippen molar-refractivity contribution >= 4 is 17.0 Å². The lowest BCUT2D eigenvalue weighted by atomic mass is 10.1. The zero-order valence-corrected chi connectivity index (χ0v) is 13.0. The van der Waals surface area contributed by atoms with Gasteiger partial charge in [-0.3, -0.25) is 0 Å². The van der Waals surface area contributed by atoms with Crippen LogP contribution in [0.15, 0.2) is 24.3 Å². The van der Waals surface area contributed by atoms with Crippen LogP contribution in [0.4, 0.5) is 5.69 Å². The number of nitrogens with zero attached hydrogens (tertiary/aromatic N) is 2. The number of aromatic nitrogens is 1. The summed E-state index contributed by atoms with van der Waals surface area (Å²) in [6, 6.07) is 8.74. The Hall–Kier alpha value is -1.39. The van der Waals surface area contributed by atoms with E-state index < -0.39 is 0 Å². The number of anilines is 1. The van der Waals surface area contributed by atoms with E-state index in [2.05, 4.69) is 62.4 Å². The van der Waals surface area contributed by atoms with Gasteiger partial charge in [0.15, 0.2) is 0 Å². The van der Waals surface area contributed by atoms with Crippen molar-refractivity contribution in [2.45, 2.75) is 19.9 Å². The van der Waals surface area contributed by atoms with Crippen molar-refractivity contribution in [1.29, 1.82) is 0 Å². The van der Waals surface area contributed by atoms with E-state index in [9.17, 15) is 0 Å². The van der Waals surface area contributed by atoms with Crippen molar-refractivity contribution in [3.63, 3.8) is 0 Å². The van der Waals surface area contributed by atoms with E-state index in [0.717, 1.165) is 10.7 Å². The Morgan fingerprint density at radius 3 is 2.58 bits per heavy atom. The van der Waals surface area contributed by atoms with E-state index in [0.29, 0.717) is 6.04 Å². The average molecular weight is 275 g/mol. The SMILES string of the molecule is CNC(C)c1sc(C)nc1-c1ccccc1N(C)C. The molecule has 0 saturated carbocycles. The third-order valence-corrected chi connectivity index (χ3v) is 4.38. The van der Waals surface area contributed by atoms with Crippen LogP contribution in [0.25, 0.3) is 11.3 Å². The third kappa shape index (κ3) is 2.80. The van der Waals surface area contributed by atoms with Gasteiger partial charge in [-0.15, -0.1) is 11.3 Å². The van der Waals surface area contributed by atoms with Gasteiger partial charge in [0, 0.05) is 36.3 Å². The first-order valence-electron chi connectivity index (χ1n) is 6.46. The number of thiazole rings is 1. The van der Waals surface area contributed by atoms with Gasteiger partial charge in [-0.05, 0) is 27.0 Å². The maximum absolute atomic E-state index is 4.74. The summed E-state index contributed by atoms with van der Waals surface area (Å²) in [7, 11) is 6.12. The summed E-state index contributed by atoms with van der Waals surface area (Å²) >= 11 is 1.77. The first-order chi connectivity index (χ1) is 9.04. The van der Waals surface area contributed by atoms with E-state index >= 15 is 0 Å². The van der Waals surface area contributed by atoms with Gasteiger partial charge in [-0.1, -0.05) is 18.2 Å². The highest BCUT2D eigenvalue weighted by molar-refractivity contribution is 7.12. The molecule has 0 spiro atoms. The topological polar surface area (TPSA) is 28.2 Å². The van der Waals surface area contributed by atoms with Gasteiger partial charge in [0.1, 0.15) is 0 Å². The number of rotatable bonds is 4. The summed E-state index contributed by atoms with van der Waals surface area (Å²) in [4.78, 5) is 8.18. The lowest BCUT2D eigenvalue weighted by molar-refractivity contribution is 0.664. The molecule has 0 aliphatic rings. The summed E-state index contributed by atoms with van der Waals surface area (Å²) in [6.45, 7) is 4.24. The van der Waals surface area contributed by atoms with Crippen LogP contribution < -0.4 is 10.2 Å². The van der Waals surface area contributed by atoms with Gasteiger partial charge < -0.3 is 10.2 Å². The standard InChI is InChI=1S/C15H21N3S/c1-10(16-3)15-14(17-11(2)19-15)12-8-6-7-9-13(12)18(4)5/h6-10,16H,1-5H3. The molecule has 19 heavy (non-hydrogen) atoms. The predicted molar refractivity (Wildman–Crippen MR) is 84.1 cm³/mol. The largest absolute Gasteiger partial charge is 0.377 e. The Balaban J connectivity index is 2.59. The maximum atomic E-state index is 4.74. The molecule has 102 valence electrons. The maximum Gasteiger partial charge on any atom is 0.0905 e.